The van der Waals surface area contributed by atoms with Crippen molar-refractivity contribution in [1.82, 2.24) is 5.09 Å². The summed E-state index contributed by atoms with van der Waals surface area (Å²) < 4.78 is 22.8. The molecule has 0 heterocycles. The molecule has 0 aliphatic heterocycles. The fourth-order valence-corrected chi connectivity index (χ4v) is 1.44. The molecule has 0 amide bonds. The van der Waals surface area contributed by atoms with E-state index >= 15 is 0 Å². The molecule has 1 atom stereocenters. The molecule has 6 heteroatoms. The van der Waals surface area contributed by atoms with Crippen molar-refractivity contribution in [2.45, 2.75) is 12.5 Å². The number of rotatable bonds is 5. The molecular formula is C9H9FNO3P. The van der Waals surface area contributed by atoms with E-state index in [9.17, 15) is 13.8 Å². The first-order chi connectivity index (χ1) is 7.13. The van der Waals surface area contributed by atoms with Crippen LogP contribution in [0, 0.1) is 5.82 Å². The van der Waals surface area contributed by atoms with Crippen LogP contribution in [-0.4, -0.2) is 17.1 Å². The Bertz CT molecular complexity index is 355. The predicted octanol–water partition coefficient (Wildman–Crippen LogP) is 1.62. The van der Waals surface area contributed by atoms with Gasteiger partial charge >= 0.3 is 5.97 Å². The van der Waals surface area contributed by atoms with Crippen molar-refractivity contribution >= 4 is 14.6 Å². The van der Waals surface area contributed by atoms with Crippen LogP contribution in [0.3, 0.4) is 0 Å². The molecule has 15 heavy (non-hydrogen) atoms. The normalized spacial score (nSPS) is 12.6. The average molecular weight is 229 g/mol. The molecule has 1 aromatic carbocycles. The van der Waals surface area contributed by atoms with E-state index in [-0.39, 0.29) is 12.2 Å². The van der Waals surface area contributed by atoms with Gasteiger partial charge in [0.2, 0.25) is 8.61 Å². The van der Waals surface area contributed by atoms with Gasteiger partial charge in [0.15, 0.2) is 0 Å². The van der Waals surface area contributed by atoms with Crippen molar-refractivity contribution in [2.24, 2.45) is 0 Å². The Morgan fingerprint density at radius 2 is 2.07 bits per heavy atom. The summed E-state index contributed by atoms with van der Waals surface area (Å²) in [5.41, 5.74) is 0.667. The summed E-state index contributed by atoms with van der Waals surface area (Å²) >= 11 is 0. The highest BCUT2D eigenvalue weighted by Crippen LogP contribution is 2.07. The number of halogens is 1. The van der Waals surface area contributed by atoms with Crippen LogP contribution < -0.4 is 5.09 Å². The molecule has 0 aliphatic carbocycles. The van der Waals surface area contributed by atoms with Gasteiger partial charge in [-0.15, -0.1) is 0 Å². The predicted molar refractivity (Wildman–Crippen MR) is 52.3 cm³/mol. The van der Waals surface area contributed by atoms with Crippen LogP contribution >= 0.6 is 8.61 Å². The van der Waals surface area contributed by atoms with Crippen molar-refractivity contribution in [3.63, 3.8) is 0 Å². The van der Waals surface area contributed by atoms with Gasteiger partial charge in [0.1, 0.15) is 11.9 Å². The van der Waals surface area contributed by atoms with E-state index in [1.165, 1.54) is 24.3 Å². The highest BCUT2D eigenvalue weighted by molar-refractivity contribution is 7.21. The van der Waals surface area contributed by atoms with E-state index in [4.69, 9.17) is 5.11 Å². The van der Waals surface area contributed by atoms with Crippen molar-refractivity contribution < 1.29 is 18.9 Å². The summed E-state index contributed by atoms with van der Waals surface area (Å²) in [6.45, 7) is 0. The molecule has 0 aliphatic rings. The third kappa shape index (κ3) is 3.73. The minimum absolute atomic E-state index is 0.158. The van der Waals surface area contributed by atoms with Crippen LogP contribution in [-0.2, 0) is 15.8 Å². The van der Waals surface area contributed by atoms with E-state index in [1.807, 2.05) is 0 Å². The largest absolute Gasteiger partial charge is 0.480 e. The first-order valence-electron chi connectivity index (χ1n) is 4.18. The minimum atomic E-state index is -1.09. The summed E-state index contributed by atoms with van der Waals surface area (Å²) in [7, 11) is -0.435. The number of carboxylic acids is 1. The van der Waals surface area contributed by atoms with Crippen molar-refractivity contribution in [3.05, 3.63) is 35.6 Å². The van der Waals surface area contributed by atoms with Crippen LogP contribution in [0.4, 0.5) is 4.39 Å². The molecule has 0 bridgehead atoms. The third-order valence-electron chi connectivity index (χ3n) is 1.86. The number of hydrogen-bond acceptors (Lipinski definition) is 2. The van der Waals surface area contributed by atoms with Crippen LogP contribution in [0.1, 0.15) is 5.56 Å². The SMILES string of the molecule is O=PNC(Cc1ccc(F)cc1)C(=O)O. The Morgan fingerprint density at radius 3 is 2.53 bits per heavy atom. The van der Waals surface area contributed by atoms with Crippen molar-refractivity contribution in [1.29, 1.82) is 0 Å². The third-order valence-corrected chi connectivity index (χ3v) is 2.28. The minimum Gasteiger partial charge on any atom is -0.480 e. The van der Waals surface area contributed by atoms with Gasteiger partial charge in [0.05, 0.1) is 0 Å². The Kier molecular flexibility index (Phi) is 4.34. The Balaban J connectivity index is 2.69. The van der Waals surface area contributed by atoms with Gasteiger partial charge in [-0.05, 0) is 24.1 Å². The molecule has 0 aromatic heterocycles. The fourth-order valence-electron chi connectivity index (χ4n) is 1.11. The second kappa shape index (κ2) is 5.53. The van der Waals surface area contributed by atoms with Crippen molar-refractivity contribution in [2.75, 3.05) is 0 Å². The van der Waals surface area contributed by atoms with Gasteiger partial charge in [-0.2, -0.15) is 0 Å². The maximum atomic E-state index is 12.5. The summed E-state index contributed by atoms with van der Waals surface area (Å²) in [6.07, 6.45) is 0.158. The van der Waals surface area contributed by atoms with E-state index in [2.05, 4.69) is 5.09 Å². The zero-order valence-electron chi connectivity index (χ0n) is 7.68. The molecule has 1 rings (SSSR count). The summed E-state index contributed by atoms with van der Waals surface area (Å²) in [4.78, 5) is 10.7. The lowest BCUT2D eigenvalue weighted by atomic mass is 10.1. The first kappa shape index (κ1) is 11.8. The van der Waals surface area contributed by atoms with E-state index in [1.54, 1.807) is 0 Å². The lowest BCUT2D eigenvalue weighted by Crippen LogP contribution is -2.32. The zero-order chi connectivity index (χ0) is 11.3. The molecular weight excluding hydrogens is 220 g/mol. The lowest BCUT2D eigenvalue weighted by Gasteiger charge is -2.09. The Hall–Kier alpha value is -1.32. The van der Waals surface area contributed by atoms with Crippen LogP contribution in [0.15, 0.2) is 24.3 Å². The standard InChI is InChI=1S/C9H9FNO3P/c10-7-3-1-6(2-4-7)5-8(9(12)13)11-15-14/h1-4,8H,5H2,(H,11,14)(H,12,13). The van der Waals surface area contributed by atoms with E-state index < -0.39 is 20.6 Å². The molecule has 2 N–H and O–H groups in total. The van der Waals surface area contributed by atoms with Crippen LogP contribution in [0.2, 0.25) is 0 Å². The van der Waals surface area contributed by atoms with Crippen molar-refractivity contribution in [3.8, 4) is 0 Å². The summed E-state index contributed by atoms with van der Waals surface area (Å²) in [6, 6.07) is 4.56. The molecule has 0 radical (unpaired) electrons. The second-order valence-corrected chi connectivity index (χ2v) is 3.38. The molecule has 0 fully saturated rings. The molecule has 4 nitrogen and oxygen atoms in total. The number of carbonyl (C=O) groups is 1. The zero-order valence-corrected chi connectivity index (χ0v) is 8.58. The fraction of sp³-hybridized carbons (Fsp3) is 0.222. The highest BCUT2D eigenvalue weighted by Gasteiger charge is 2.17. The number of aliphatic carboxylic acids is 1. The maximum absolute atomic E-state index is 12.5. The number of benzene rings is 1. The van der Waals surface area contributed by atoms with Gasteiger partial charge in [-0.25, -0.2) is 9.48 Å². The number of carboxylic acid groups (broad SMARTS) is 1. The first-order valence-corrected chi connectivity index (χ1v) is 5.00. The Labute approximate surface area is 87.4 Å². The highest BCUT2D eigenvalue weighted by atomic mass is 31.1. The second-order valence-electron chi connectivity index (χ2n) is 2.94. The number of nitrogens with one attached hydrogen (secondary N) is 1. The van der Waals surface area contributed by atoms with Crippen LogP contribution in [0.25, 0.3) is 0 Å². The van der Waals surface area contributed by atoms with Gasteiger partial charge in [0.25, 0.3) is 0 Å². The Morgan fingerprint density at radius 1 is 1.47 bits per heavy atom. The molecule has 0 saturated carbocycles. The quantitative estimate of drug-likeness (QED) is 0.753. The number of hydrogen-bond donors (Lipinski definition) is 2. The van der Waals surface area contributed by atoms with Gasteiger partial charge in [-0.3, -0.25) is 9.36 Å². The topological polar surface area (TPSA) is 66.4 Å². The molecule has 1 unspecified atom stereocenters. The van der Waals surface area contributed by atoms with Crippen LogP contribution in [0.5, 0.6) is 0 Å². The molecule has 0 spiro atoms. The molecule has 0 saturated heterocycles. The maximum Gasteiger partial charge on any atom is 0.321 e. The monoisotopic (exact) mass is 229 g/mol. The van der Waals surface area contributed by atoms with Gasteiger partial charge in [-0.1, -0.05) is 12.1 Å². The molecule has 1 aromatic rings. The average Bonchev–Trinajstić information content (AvgIpc) is 2.20. The molecule has 80 valence electrons. The smallest absolute Gasteiger partial charge is 0.321 e. The lowest BCUT2D eigenvalue weighted by molar-refractivity contribution is -0.138. The van der Waals surface area contributed by atoms with Gasteiger partial charge < -0.3 is 5.11 Å². The van der Waals surface area contributed by atoms with Gasteiger partial charge in [0, 0.05) is 0 Å². The van der Waals surface area contributed by atoms with E-state index in [0.717, 1.165) is 0 Å². The summed E-state index contributed by atoms with van der Waals surface area (Å²) in [5, 5.41) is 11.0. The summed E-state index contributed by atoms with van der Waals surface area (Å²) in [5.74, 6) is -1.47. The van der Waals surface area contributed by atoms with E-state index in [0.29, 0.717) is 5.56 Å².